The number of aryl methyl sites for hydroxylation is 1. The van der Waals surface area contributed by atoms with Gasteiger partial charge in [0.05, 0.1) is 18.5 Å². The number of hydrogen-bond acceptors (Lipinski definition) is 3. The molecule has 0 saturated carbocycles. The van der Waals surface area contributed by atoms with Gasteiger partial charge >= 0.3 is 0 Å². The number of nitrogens with zero attached hydrogens (tertiary/aromatic N) is 1. The largest absolute Gasteiger partial charge is 0.467 e. The first kappa shape index (κ1) is 11.8. The van der Waals surface area contributed by atoms with Crippen LogP contribution in [0, 0.1) is 12.7 Å². The van der Waals surface area contributed by atoms with E-state index in [4.69, 9.17) is 4.42 Å². The molecule has 0 aliphatic rings. The van der Waals surface area contributed by atoms with Gasteiger partial charge in [-0.2, -0.15) is 0 Å². The molecule has 0 aromatic carbocycles. The SMILES string of the molecule is CCNC(c1cncc(F)c1)c1occc1C. The summed E-state index contributed by atoms with van der Waals surface area (Å²) in [7, 11) is 0. The highest BCUT2D eigenvalue weighted by atomic mass is 19.1. The smallest absolute Gasteiger partial charge is 0.141 e. The number of aromatic nitrogens is 1. The molecule has 0 bridgehead atoms. The number of rotatable bonds is 4. The maximum Gasteiger partial charge on any atom is 0.141 e. The number of halogens is 1. The molecule has 0 aliphatic carbocycles. The second-order valence-electron chi connectivity index (χ2n) is 3.90. The highest BCUT2D eigenvalue weighted by molar-refractivity contribution is 5.29. The highest BCUT2D eigenvalue weighted by Crippen LogP contribution is 2.25. The lowest BCUT2D eigenvalue weighted by molar-refractivity contribution is 0.447. The zero-order valence-corrected chi connectivity index (χ0v) is 9.90. The minimum Gasteiger partial charge on any atom is -0.467 e. The molecule has 17 heavy (non-hydrogen) atoms. The second kappa shape index (κ2) is 5.10. The van der Waals surface area contributed by atoms with Crippen LogP contribution >= 0.6 is 0 Å². The van der Waals surface area contributed by atoms with Gasteiger partial charge in [-0.1, -0.05) is 6.92 Å². The first-order valence-electron chi connectivity index (χ1n) is 5.60. The normalized spacial score (nSPS) is 12.6. The number of furan rings is 1. The Balaban J connectivity index is 2.39. The molecule has 2 aromatic heterocycles. The van der Waals surface area contributed by atoms with Crippen LogP contribution in [-0.2, 0) is 0 Å². The van der Waals surface area contributed by atoms with Gasteiger partial charge in [-0.25, -0.2) is 4.39 Å². The average Bonchev–Trinajstić information content (AvgIpc) is 2.72. The van der Waals surface area contributed by atoms with Crippen LogP contribution < -0.4 is 5.32 Å². The fourth-order valence-corrected chi connectivity index (χ4v) is 1.83. The molecule has 0 spiro atoms. The Labute approximate surface area is 99.7 Å². The van der Waals surface area contributed by atoms with Crippen molar-refractivity contribution in [3.63, 3.8) is 0 Å². The van der Waals surface area contributed by atoms with E-state index in [0.717, 1.165) is 23.4 Å². The second-order valence-corrected chi connectivity index (χ2v) is 3.90. The Hall–Kier alpha value is -1.68. The molecule has 0 radical (unpaired) electrons. The van der Waals surface area contributed by atoms with Crippen molar-refractivity contribution in [2.75, 3.05) is 6.54 Å². The lowest BCUT2D eigenvalue weighted by Crippen LogP contribution is -2.22. The van der Waals surface area contributed by atoms with Crippen molar-refractivity contribution >= 4 is 0 Å². The Morgan fingerprint density at radius 3 is 2.88 bits per heavy atom. The van der Waals surface area contributed by atoms with E-state index in [-0.39, 0.29) is 11.9 Å². The standard InChI is InChI=1S/C13H15FN2O/c1-3-16-12(13-9(2)4-5-17-13)10-6-11(14)8-15-7-10/h4-8,12,16H,3H2,1-2H3. The molecule has 1 unspecified atom stereocenters. The van der Waals surface area contributed by atoms with E-state index in [1.54, 1.807) is 12.5 Å². The fourth-order valence-electron chi connectivity index (χ4n) is 1.83. The van der Waals surface area contributed by atoms with Gasteiger partial charge in [0, 0.05) is 6.20 Å². The third-order valence-corrected chi connectivity index (χ3v) is 2.63. The lowest BCUT2D eigenvalue weighted by atomic mass is 10.0. The van der Waals surface area contributed by atoms with Crippen molar-refractivity contribution in [3.8, 4) is 0 Å². The van der Waals surface area contributed by atoms with Crippen LogP contribution in [0.1, 0.15) is 29.9 Å². The predicted molar refractivity (Wildman–Crippen MR) is 63.2 cm³/mol. The van der Waals surface area contributed by atoms with Gasteiger partial charge < -0.3 is 9.73 Å². The van der Waals surface area contributed by atoms with Gasteiger partial charge in [0.1, 0.15) is 11.6 Å². The van der Waals surface area contributed by atoms with Gasteiger partial charge in [-0.15, -0.1) is 0 Å². The number of nitrogens with one attached hydrogen (secondary N) is 1. The fraction of sp³-hybridized carbons (Fsp3) is 0.308. The first-order valence-corrected chi connectivity index (χ1v) is 5.60. The molecule has 2 rings (SSSR count). The quantitative estimate of drug-likeness (QED) is 0.884. The van der Waals surface area contributed by atoms with Crippen molar-refractivity contribution in [3.05, 3.63) is 53.5 Å². The minimum absolute atomic E-state index is 0.154. The Morgan fingerprint density at radius 1 is 1.47 bits per heavy atom. The minimum atomic E-state index is -0.338. The lowest BCUT2D eigenvalue weighted by Gasteiger charge is -2.16. The molecule has 4 heteroatoms. The summed E-state index contributed by atoms with van der Waals surface area (Å²) in [6.45, 7) is 4.73. The molecule has 1 atom stereocenters. The summed E-state index contributed by atoms with van der Waals surface area (Å²) in [6.07, 6.45) is 4.49. The summed E-state index contributed by atoms with van der Waals surface area (Å²) in [5, 5.41) is 3.27. The first-order chi connectivity index (χ1) is 8.22. The van der Waals surface area contributed by atoms with Gasteiger partial charge in [-0.05, 0) is 36.7 Å². The van der Waals surface area contributed by atoms with Crippen LogP contribution in [-0.4, -0.2) is 11.5 Å². The number of pyridine rings is 1. The summed E-state index contributed by atoms with van der Waals surface area (Å²) in [5.41, 5.74) is 1.81. The maximum absolute atomic E-state index is 13.2. The summed E-state index contributed by atoms with van der Waals surface area (Å²) in [6, 6.07) is 3.22. The zero-order valence-electron chi connectivity index (χ0n) is 9.90. The van der Waals surface area contributed by atoms with Crippen LogP contribution in [0.25, 0.3) is 0 Å². The highest BCUT2D eigenvalue weighted by Gasteiger charge is 2.18. The molecule has 0 fully saturated rings. The summed E-state index contributed by atoms with van der Waals surface area (Å²) in [5.74, 6) is 0.467. The van der Waals surface area contributed by atoms with E-state index in [1.165, 1.54) is 12.3 Å². The molecule has 0 saturated heterocycles. The van der Waals surface area contributed by atoms with E-state index in [2.05, 4.69) is 10.3 Å². The van der Waals surface area contributed by atoms with Crippen molar-refractivity contribution < 1.29 is 8.81 Å². The van der Waals surface area contributed by atoms with Crippen LogP contribution in [0.2, 0.25) is 0 Å². The third kappa shape index (κ3) is 2.53. The van der Waals surface area contributed by atoms with E-state index < -0.39 is 0 Å². The Kier molecular flexibility index (Phi) is 3.54. The number of hydrogen-bond donors (Lipinski definition) is 1. The van der Waals surface area contributed by atoms with Gasteiger partial charge in [0.25, 0.3) is 0 Å². The molecule has 0 amide bonds. The Morgan fingerprint density at radius 2 is 2.29 bits per heavy atom. The van der Waals surface area contributed by atoms with Crippen molar-refractivity contribution in [2.45, 2.75) is 19.9 Å². The molecule has 1 N–H and O–H groups in total. The monoisotopic (exact) mass is 234 g/mol. The van der Waals surface area contributed by atoms with Gasteiger partial charge in [0.15, 0.2) is 0 Å². The molecular weight excluding hydrogens is 219 g/mol. The van der Waals surface area contributed by atoms with Crippen LogP contribution in [0.3, 0.4) is 0 Å². The van der Waals surface area contributed by atoms with E-state index >= 15 is 0 Å². The summed E-state index contributed by atoms with van der Waals surface area (Å²) < 4.78 is 18.6. The van der Waals surface area contributed by atoms with E-state index in [0.29, 0.717) is 0 Å². The van der Waals surface area contributed by atoms with Crippen molar-refractivity contribution in [1.29, 1.82) is 0 Å². The zero-order chi connectivity index (χ0) is 12.3. The Bertz CT molecular complexity index is 496. The molecule has 90 valence electrons. The van der Waals surface area contributed by atoms with Crippen LogP contribution in [0.15, 0.2) is 35.2 Å². The topological polar surface area (TPSA) is 38.1 Å². The average molecular weight is 234 g/mol. The van der Waals surface area contributed by atoms with E-state index in [1.807, 2.05) is 19.9 Å². The third-order valence-electron chi connectivity index (χ3n) is 2.63. The molecular formula is C13H15FN2O. The van der Waals surface area contributed by atoms with Gasteiger partial charge in [-0.3, -0.25) is 4.98 Å². The molecule has 2 heterocycles. The summed E-state index contributed by atoms with van der Waals surface area (Å²) >= 11 is 0. The summed E-state index contributed by atoms with van der Waals surface area (Å²) in [4.78, 5) is 3.87. The molecule has 2 aromatic rings. The van der Waals surface area contributed by atoms with Crippen molar-refractivity contribution in [2.24, 2.45) is 0 Å². The molecule has 3 nitrogen and oxygen atoms in total. The van der Waals surface area contributed by atoms with Crippen molar-refractivity contribution in [1.82, 2.24) is 10.3 Å². The van der Waals surface area contributed by atoms with Gasteiger partial charge in [0.2, 0.25) is 0 Å². The predicted octanol–water partition coefficient (Wildman–Crippen LogP) is 2.82. The maximum atomic E-state index is 13.2. The van der Waals surface area contributed by atoms with Crippen LogP contribution in [0.4, 0.5) is 4.39 Å². The van der Waals surface area contributed by atoms with Crippen LogP contribution in [0.5, 0.6) is 0 Å². The van der Waals surface area contributed by atoms with E-state index in [9.17, 15) is 4.39 Å². The molecule has 0 aliphatic heterocycles.